The molecule has 1 aliphatic carbocycles. The van der Waals surface area contributed by atoms with E-state index in [0.717, 1.165) is 12.8 Å². The number of fused-ring (bicyclic) bond motifs is 2. The number of aromatic nitrogens is 2. The number of rotatable bonds is 8. The molecule has 0 spiro atoms. The molecule has 2 aromatic carbocycles. The summed E-state index contributed by atoms with van der Waals surface area (Å²) in [6, 6.07) is 14.5. The van der Waals surface area contributed by atoms with Crippen LogP contribution in [0.15, 0.2) is 57.7 Å². The van der Waals surface area contributed by atoms with Crippen molar-refractivity contribution in [1.29, 1.82) is 0 Å². The Morgan fingerprint density at radius 3 is 2.56 bits per heavy atom. The van der Waals surface area contributed by atoms with Gasteiger partial charge in [-0.15, -0.1) is 0 Å². The van der Waals surface area contributed by atoms with E-state index in [1.165, 1.54) is 0 Å². The largest absolute Gasteiger partial charge is 0.461 e. The van der Waals surface area contributed by atoms with E-state index in [1.807, 2.05) is 18.2 Å². The lowest BCUT2D eigenvalue weighted by Crippen LogP contribution is -2.25. The second kappa shape index (κ2) is 9.13. The molecular weight excluding hydrogens is 436 g/mol. The fourth-order valence-corrected chi connectivity index (χ4v) is 4.12. The fraction of sp³-hybridized carbons (Fsp3) is 0.308. The molecule has 0 amide bonds. The van der Waals surface area contributed by atoms with Gasteiger partial charge in [0.15, 0.2) is 0 Å². The number of ether oxygens (including phenoxy) is 2. The van der Waals surface area contributed by atoms with Crippen LogP contribution in [0.1, 0.15) is 54.2 Å². The summed E-state index contributed by atoms with van der Waals surface area (Å²) in [6.07, 6.45) is 2.21. The van der Waals surface area contributed by atoms with Crippen LogP contribution >= 0.6 is 0 Å². The summed E-state index contributed by atoms with van der Waals surface area (Å²) in [5.74, 6) is -0.429. The standard InChI is InChI=1S/C26H24N2O6/c1-2-32-26(31)24-19(17-7-4-6-10-21(17)34-24)15-33-23(29)14-13-22-27-20-9-5-3-8-18(20)25(30)28(22)16-11-12-16/h3-10,16H,2,11-15H2,1H3. The lowest BCUT2D eigenvalue weighted by atomic mass is 10.1. The third kappa shape index (κ3) is 4.19. The summed E-state index contributed by atoms with van der Waals surface area (Å²) in [7, 11) is 0. The molecule has 4 aromatic rings. The zero-order valence-corrected chi connectivity index (χ0v) is 18.8. The van der Waals surface area contributed by atoms with E-state index < -0.39 is 11.9 Å². The van der Waals surface area contributed by atoms with Gasteiger partial charge in [0.2, 0.25) is 5.76 Å². The Bertz CT molecular complexity index is 1450. The van der Waals surface area contributed by atoms with E-state index in [0.29, 0.717) is 33.3 Å². The number of hydrogen-bond donors (Lipinski definition) is 0. The summed E-state index contributed by atoms with van der Waals surface area (Å²) in [6.45, 7) is 1.80. The summed E-state index contributed by atoms with van der Waals surface area (Å²) in [5.41, 5.74) is 1.55. The van der Waals surface area contributed by atoms with Gasteiger partial charge in [-0.05, 0) is 38.0 Å². The van der Waals surface area contributed by atoms with Crippen molar-refractivity contribution < 1.29 is 23.5 Å². The van der Waals surface area contributed by atoms with Gasteiger partial charge in [-0.1, -0.05) is 30.3 Å². The number of nitrogens with zero attached hydrogens (tertiary/aromatic N) is 2. The summed E-state index contributed by atoms with van der Waals surface area (Å²) in [4.78, 5) is 42.6. The molecule has 8 nitrogen and oxygen atoms in total. The molecular formula is C26H24N2O6. The van der Waals surface area contributed by atoms with Gasteiger partial charge in [-0.2, -0.15) is 0 Å². The first-order chi connectivity index (χ1) is 16.6. The van der Waals surface area contributed by atoms with Crippen molar-refractivity contribution in [3.8, 4) is 0 Å². The molecule has 1 aliphatic rings. The number of aryl methyl sites for hydroxylation is 1. The molecule has 1 fully saturated rings. The highest BCUT2D eigenvalue weighted by molar-refractivity contribution is 5.96. The van der Waals surface area contributed by atoms with Crippen LogP contribution in [-0.4, -0.2) is 28.1 Å². The van der Waals surface area contributed by atoms with E-state index >= 15 is 0 Å². The normalized spacial score (nSPS) is 13.3. The van der Waals surface area contributed by atoms with Gasteiger partial charge >= 0.3 is 11.9 Å². The number of hydrogen-bond acceptors (Lipinski definition) is 7. The second-order valence-electron chi connectivity index (χ2n) is 8.24. The number of carbonyl (C=O) groups excluding carboxylic acids is 2. The van der Waals surface area contributed by atoms with Gasteiger partial charge in [-0.3, -0.25) is 14.2 Å². The zero-order chi connectivity index (χ0) is 23.7. The highest BCUT2D eigenvalue weighted by Gasteiger charge is 2.28. The molecule has 0 saturated heterocycles. The predicted molar refractivity (Wildman–Crippen MR) is 125 cm³/mol. The van der Waals surface area contributed by atoms with Gasteiger partial charge in [0.05, 0.1) is 29.5 Å². The van der Waals surface area contributed by atoms with Crippen LogP contribution in [-0.2, 0) is 27.3 Å². The lowest BCUT2D eigenvalue weighted by Gasteiger charge is -2.12. The quantitative estimate of drug-likeness (QED) is 0.361. The monoisotopic (exact) mass is 460 g/mol. The Morgan fingerprint density at radius 2 is 1.79 bits per heavy atom. The van der Waals surface area contributed by atoms with Crippen molar-refractivity contribution >= 4 is 33.8 Å². The van der Waals surface area contributed by atoms with E-state index in [-0.39, 0.29) is 43.4 Å². The number of furan rings is 1. The number of benzene rings is 2. The number of esters is 2. The second-order valence-corrected chi connectivity index (χ2v) is 8.24. The van der Waals surface area contributed by atoms with Crippen LogP contribution in [0.4, 0.5) is 0 Å². The molecule has 5 rings (SSSR count). The maximum Gasteiger partial charge on any atom is 0.374 e. The third-order valence-electron chi connectivity index (χ3n) is 5.88. The molecule has 1 saturated carbocycles. The Labute approximate surface area is 195 Å². The van der Waals surface area contributed by atoms with E-state index in [1.54, 1.807) is 41.8 Å². The minimum Gasteiger partial charge on any atom is -0.461 e. The van der Waals surface area contributed by atoms with Gasteiger partial charge in [0.1, 0.15) is 18.0 Å². The molecule has 2 heterocycles. The van der Waals surface area contributed by atoms with E-state index in [9.17, 15) is 14.4 Å². The predicted octanol–water partition coefficient (Wildman–Crippen LogP) is 4.33. The molecule has 34 heavy (non-hydrogen) atoms. The lowest BCUT2D eigenvalue weighted by molar-refractivity contribution is -0.144. The molecule has 0 bridgehead atoms. The van der Waals surface area contributed by atoms with Crippen LogP contribution in [0.2, 0.25) is 0 Å². The van der Waals surface area contributed by atoms with Crippen LogP contribution < -0.4 is 5.56 Å². The maximum atomic E-state index is 13.0. The van der Waals surface area contributed by atoms with Crippen molar-refractivity contribution in [3.05, 3.63) is 76.0 Å². The highest BCUT2D eigenvalue weighted by Crippen LogP contribution is 2.35. The number of carbonyl (C=O) groups is 2. The van der Waals surface area contributed by atoms with Gasteiger partial charge < -0.3 is 13.9 Å². The van der Waals surface area contributed by atoms with Crippen LogP contribution in [0.5, 0.6) is 0 Å². The summed E-state index contributed by atoms with van der Waals surface area (Å²) < 4.78 is 18.0. The molecule has 0 aliphatic heterocycles. The summed E-state index contributed by atoms with van der Waals surface area (Å²) in [5, 5.41) is 1.27. The Balaban J connectivity index is 1.33. The molecule has 0 unspecified atom stereocenters. The molecule has 174 valence electrons. The average Bonchev–Trinajstić information content (AvgIpc) is 3.61. The first kappa shape index (κ1) is 21.9. The van der Waals surface area contributed by atoms with Crippen molar-refractivity contribution in [1.82, 2.24) is 9.55 Å². The first-order valence-electron chi connectivity index (χ1n) is 11.4. The minimum absolute atomic E-state index is 0.0367. The zero-order valence-electron chi connectivity index (χ0n) is 18.8. The Kier molecular flexibility index (Phi) is 5.88. The van der Waals surface area contributed by atoms with Crippen molar-refractivity contribution in [2.75, 3.05) is 6.61 Å². The van der Waals surface area contributed by atoms with Gasteiger partial charge in [0, 0.05) is 17.8 Å². The molecule has 8 heteroatoms. The average molecular weight is 460 g/mol. The van der Waals surface area contributed by atoms with Crippen molar-refractivity contribution in [3.63, 3.8) is 0 Å². The van der Waals surface area contributed by atoms with Crippen LogP contribution in [0.3, 0.4) is 0 Å². The van der Waals surface area contributed by atoms with Crippen LogP contribution in [0.25, 0.3) is 21.9 Å². The molecule has 0 atom stereocenters. The topological polar surface area (TPSA) is 101 Å². The van der Waals surface area contributed by atoms with E-state index in [4.69, 9.17) is 13.9 Å². The maximum absolute atomic E-state index is 13.0. The Morgan fingerprint density at radius 1 is 1.06 bits per heavy atom. The van der Waals surface area contributed by atoms with Gasteiger partial charge in [-0.25, -0.2) is 9.78 Å². The van der Waals surface area contributed by atoms with Crippen LogP contribution in [0, 0.1) is 0 Å². The molecule has 2 aromatic heterocycles. The number of para-hydroxylation sites is 2. The Hall–Kier alpha value is -3.94. The minimum atomic E-state index is -0.599. The third-order valence-corrected chi connectivity index (χ3v) is 5.88. The summed E-state index contributed by atoms with van der Waals surface area (Å²) >= 11 is 0. The first-order valence-corrected chi connectivity index (χ1v) is 11.4. The van der Waals surface area contributed by atoms with E-state index in [2.05, 4.69) is 4.98 Å². The smallest absolute Gasteiger partial charge is 0.374 e. The fourth-order valence-electron chi connectivity index (χ4n) is 4.12. The van der Waals surface area contributed by atoms with Crippen molar-refractivity contribution in [2.24, 2.45) is 0 Å². The highest BCUT2D eigenvalue weighted by atomic mass is 16.5. The molecule has 0 radical (unpaired) electrons. The SMILES string of the molecule is CCOC(=O)c1oc2ccccc2c1COC(=O)CCc1nc2ccccc2c(=O)n1C1CC1. The van der Waals surface area contributed by atoms with Crippen molar-refractivity contribution in [2.45, 2.75) is 45.3 Å². The van der Waals surface area contributed by atoms with Gasteiger partial charge in [0.25, 0.3) is 5.56 Å². The molecule has 0 N–H and O–H groups in total.